The van der Waals surface area contributed by atoms with Crippen LogP contribution in [0.4, 0.5) is 11.8 Å². The molecule has 3 heterocycles. The average Bonchev–Trinajstić information content (AvgIpc) is 2.74. The third-order valence-corrected chi connectivity index (χ3v) is 5.08. The number of thioether (sulfide) groups is 1. The Morgan fingerprint density at radius 1 is 1.28 bits per heavy atom. The normalized spacial score (nSPS) is 24.7. The monoisotopic (exact) mass is 280 g/mol. The van der Waals surface area contributed by atoms with E-state index in [9.17, 15) is 0 Å². The van der Waals surface area contributed by atoms with Gasteiger partial charge in [0.1, 0.15) is 10.6 Å². The van der Waals surface area contributed by atoms with Crippen LogP contribution in [0, 0.1) is 0 Å². The number of hydrogen-bond donors (Lipinski definition) is 1. The first-order valence-corrected chi connectivity index (χ1v) is 7.87. The number of nitrogens with two attached hydrogens (primary N) is 1. The molecule has 0 saturated carbocycles. The van der Waals surface area contributed by atoms with E-state index in [4.69, 9.17) is 5.73 Å². The fourth-order valence-electron chi connectivity index (χ4n) is 2.45. The lowest BCUT2D eigenvalue weighted by Gasteiger charge is -2.35. The molecule has 1 fully saturated rings. The quantitative estimate of drug-likeness (QED) is 0.870. The molecule has 0 aliphatic carbocycles. The Morgan fingerprint density at radius 3 is 2.72 bits per heavy atom. The van der Waals surface area contributed by atoms with E-state index in [1.807, 2.05) is 17.1 Å². The highest BCUT2D eigenvalue weighted by Crippen LogP contribution is 2.33. The first kappa shape index (κ1) is 12.0. The second kappa shape index (κ2) is 4.59. The number of fused-ring (bicyclic) bond motifs is 1. The van der Waals surface area contributed by atoms with Crippen LogP contribution >= 0.6 is 23.1 Å². The van der Waals surface area contributed by atoms with Crippen molar-refractivity contribution in [1.82, 2.24) is 9.97 Å². The molecule has 0 radical (unpaired) electrons. The largest absolute Gasteiger partial charge is 0.368 e. The molecular formula is C12H16N4S2. The summed E-state index contributed by atoms with van der Waals surface area (Å²) in [7, 11) is 0. The Labute approximate surface area is 115 Å². The molecule has 0 bridgehead atoms. The smallest absolute Gasteiger partial charge is 0.223 e. The lowest BCUT2D eigenvalue weighted by Crippen LogP contribution is -2.41. The summed E-state index contributed by atoms with van der Waals surface area (Å²) in [4.78, 5) is 12.1. The van der Waals surface area contributed by atoms with Crippen molar-refractivity contribution >= 4 is 45.1 Å². The van der Waals surface area contributed by atoms with Crippen molar-refractivity contribution in [2.45, 2.75) is 24.3 Å². The van der Waals surface area contributed by atoms with Gasteiger partial charge >= 0.3 is 0 Å². The van der Waals surface area contributed by atoms with E-state index in [0.717, 1.165) is 29.1 Å². The topological polar surface area (TPSA) is 55.0 Å². The van der Waals surface area contributed by atoms with Crippen molar-refractivity contribution < 1.29 is 0 Å². The molecule has 96 valence electrons. The second-order valence-electron chi connectivity index (χ2n) is 4.71. The maximum Gasteiger partial charge on any atom is 0.223 e. The lowest BCUT2D eigenvalue weighted by molar-refractivity contribution is 0.721. The molecule has 1 aliphatic rings. The standard InChI is InChI=1S/C12H16N4S2/c1-7-5-16(6-8(2)18-7)10-9-3-4-17-11(9)15-12(13)14-10/h3-4,7-8H,5-6H2,1-2H3,(H2,13,14,15). The van der Waals surface area contributed by atoms with Crippen LogP contribution in [0.1, 0.15) is 13.8 Å². The van der Waals surface area contributed by atoms with Gasteiger partial charge in [0.2, 0.25) is 5.95 Å². The first-order chi connectivity index (χ1) is 8.63. The number of rotatable bonds is 1. The van der Waals surface area contributed by atoms with Crippen molar-refractivity contribution in [1.29, 1.82) is 0 Å². The molecule has 2 N–H and O–H groups in total. The molecule has 0 aromatic carbocycles. The maximum atomic E-state index is 5.81. The van der Waals surface area contributed by atoms with Gasteiger partial charge in [-0.05, 0) is 11.4 Å². The minimum absolute atomic E-state index is 0.374. The Morgan fingerprint density at radius 2 is 2.00 bits per heavy atom. The Bertz CT molecular complexity index is 558. The highest BCUT2D eigenvalue weighted by molar-refractivity contribution is 8.00. The van der Waals surface area contributed by atoms with Gasteiger partial charge < -0.3 is 10.6 Å². The Hall–Kier alpha value is -1.01. The fourth-order valence-corrected chi connectivity index (χ4v) is 4.54. The molecule has 1 aliphatic heterocycles. The predicted octanol–water partition coefficient (Wildman–Crippen LogP) is 2.60. The van der Waals surface area contributed by atoms with Crippen LogP contribution in [0.3, 0.4) is 0 Å². The van der Waals surface area contributed by atoms with Gasteiger partial charge in [-0.25, -0.2) is 4.98 Å². The van der Waals surface area contributed by atoms with Crippen LogP contribution in [0.25, 0.3) is 10.2 Å². The van der Waals surface area contributed by atoms with Crippen LogP contribution < -0.4 is 10.6 Å². The number of hydrogen-bond acceptors (Lipinski definition) is 6. The third-order valence-electron chi connectivity index (χ3n) is 3.04. The van der Waals surface area contributed by atoms with Gasteiger partial charge in [0.25, 0.3) is 0 Å². The van der Waals surface area contributed by atoms with Crippen molar-refractivity contribution in [2.75, 3.05) is 23.7 Å². The zero-order valence-corrected chi connectivity index (χ0v) is 12.1. The third kappa shape index (κ3) is 2.14. The molecule has 2 aromatic rings. The Kier molecular flexibility index (Phi) is 3.07. The van der Waals surface area contributed by atoms with Gasteiger partial charge in [0.05, 0.1) is 5.39 Å². The van der Waals surface area contributed by atoms with E-state index in [-0.39, 0.29) is 0 Å². The zero-order valence-electron chi connectivity index (χ0n) is 10.5. The van der Waals surface area contributed by atoms with E-state index in [0.29, 0.717) is 16.4 Å². The SMILES string of the molecule is CC1CN(c2nc(N)nc3sccc23)CC(C)S1. The van der Waals surface area contributed by atoms with E-state index < -0.39 is 0 Å². The Balaban J connectivity index is 2.05. The summed E-state index contributed by atoms with van der Waals surface area (Å²) in [5.41, 5.74) is 5.81. The number of nitrogens with zero attached hydrogens (tertiary/aromatic N) is 3. The predicted molar refractivity (Wildman–Crippen MR) is 80.6 cm³/mol. The molecular weight excluding hydrogens is 264 g/mol. The summed E-state index contributed by atoms with van der Waals surface area (Å²) < 4.78 is 0. The van der Waals surface area contributed by atoms with Gasteiger partial charge in [-0.2, -0.15) is 16.7 Å². The van der Waals surface area contributed by atoms with E-state index in [1.165, 1.54) is 0 Å². The summed E-state index contributed by atoms with van der Waals surface area (Å²) in [6.07, 6.45) is 0. The minimum atomic E-state index is 0.374. The number of aromatic nitrogens is 2. The van der Waals surface area contributed by atoms with Crippen molar-refractivity contribution in [2.24, 2.45) is 0 Å². The zero-order chi connectivity index (χ0) is 12.7. The van der Waals surface area contributed by atoms with Crippen LogP contribution in [0.15, 0.2) is 11.4 Å². The van der Waals surface area contributed by atoms with Crippen molar-refractivity contribution in [3.8, 4) is 0 Å². The molecule has 1 saturated heterocycles. The van der Waals surface area contributed by atoms with Crippen LogP contribution in [0.2, 0.25) is 0 Å². The number of nitrogen functional groups attached to an aromatic ring is 1. The molecule has 4 nitrogen and oxygen atoms in total. The molecule has 2 unspecified atom stereocenters. The van der Waals surface area contributed by atoms with Crippen molar-refractivity contribution in [3.05, 3.63) is 11.4 Å². The molecule has 18 heavy (non-hydrogen) atoms. The average molecular weight is 280 g/mol. The number of thiophene rings is 1. The first-order valence-electron chi connectivity index (χ1n) is 6.04. The van der Waals surface area contributed by atoms with Gasteiger partial charge in [0, 0.05) is 23.6 Å². The van der Waals surface area contributed by atoms with E-state index in [1.54, 1.807) is 11.3 Å². The lowest BCUT2D eigenvalue weighted by atomic mass is 10.3. The summed E-state index contributed by atoms with van der Waals surface area (Å²) >= 11 is 3.66. The molecule has 0 spiro atoms. The molecule has 3 rings (SSSR count). The second-order valence-corrected chi connectivity index (χ2v) is 7.48. The fraction of sp³-hybridized carbons (Fsp3) is 0.500. The van der Waals surface area contributed by atoms with E-state index in [2.05, 4.69) is 34.8 Å². The highest BCUT2D eigenvalue weighted by atomic mass is 32.2. The molecule has 6 heteroatoms. The van der Waals surface area contributed by atoms with Gasteiger partial charge in [0.15, 0.2) is 0 Å². The van der Waals surface area contributed by atoms with Crippen LogP contribution in [-0.4, -0.2) is 33.6 Å². The van der Waals surface area contributed by atoms with Crippen LogP contribution in [-0.2, 0) is 0 Å². The van der Waals surface area contributed by atoms with Crippen LogP contribution in [0.5, 0.6) is 0 Å². The summed E-state index contributed by atoms with van der Waals surface area (Å²) in [5, 5.41) is 4.42. The highest BCUT2D eigenvalue weighted by Gasteiger charge is 2.25. The molecule has 0 amide bonds. The summed E-state index contributed by atoms with van der Waals surface area (Å²) in [5.74, 6) is 1.37. The maximum absolute atomic E-state index is 5.81. The van der Waals surface area contributed by atoms with Gasteiger partial charge in [-0.1, -0.05) is 13.8 Å². The van der Waals surface area contributed by atoms with E-state index >= 15 is 0 Å². The minimum Gasteiger partial charge on any atom is -0.368 e. The summed E-state index contributed by atoms with van der Waals surface area (Å²) in [6.45, 7) is 6.58. The number of anilines is 2. The van der Waals surface area contributed by atoms with Gasteiger partial charge in [-0.15, -0.1) is 11.3 Å². The molecule has 2 atom stereocenters. The van der Waals surface area contributed by atoms with Crippen molar-refractivity contribution in [3.63, 3.8) is 0 Å². The van der Waals surface area contributed by atoms with Gasteiger partial charge in [-0.3, -0.25) is 0 Å². The summed E-state index contributed by atoms with van der Waals surface area (Å²) in [6, 6.07) is 2.09. The molecule has 2 aromatic heterocycles.